The summed E-state index contributed by atoms with van der Waals surface area (Å²) in [6, 6.07) is 7.44. The van der Waals surface area contributed by atoms with E-state index in [1.54, 1.807) is 0 Å². The fraction of sp³-hybridized carbons (Fsp3) is 0.471. The van der Waals surface area contributed by atoms with Crippen molar-refractivity contribution < 1.29 is 9.59 Å². The highest BCUT2D eigenvalue weighted by molar-refractivity contribution is 6.07. The number of fused-ring (bicyclic) bond motifs is 1. The molecule has 1 aromatic heterocycles. The van der Waals surface area contributed by atoms with Gasteiger partial charge in [-0.05, 0) is 24.5 Å². The van der Waals surface area contributed by atoms with E-state index >= 15 is 0 Å². The van der Waals surface area contributed by atoms with Crippen molar-refractivity contribution in [2.75, 3.05) is 0 Å². The zero-order chi connectivity index (χ0) is 16.8. The van der Waals surface area contributed by atoms with Crippen LogP contribution >= 0.6 is 0 Å². The summed E-state index contributed by atoms with van der Waals surface area (Å²) in [5, 5.41) is 2.89. The molecule has 23 heavy (non-hydrogen) atoms. The van der Waals surface area contributed by atoms with Crippen LogP contribution in [0.25, 0.3) is 11.0 Å². The van der Waals surface area contributed by atoms with Gasteiger partial charge >= 0.3 is 6.03 Å². The van der Waals surface area contributed by atoms with Gasteiger partial charge in [-0.3, -0.25) is 9.69 Å². The van der Waals surface area contributed by atoms with Crippen LogP contribution in [0.2, 0.25) is 0 Å². The van der Waals surface area contributed by atoms with Gasteiger partial charge in [0.15, 0.2) is 0 Å². The normalized spacial score (nSPS) is 21.5. The molecule has 6 nitrogen and oxygen atoms in total. The van der Waals surface area contributed by atoms with Crippen molar-refractivity contribution in [3.8, 4) is 0 Å². The number of imidazole rings is 1. The van der Waals surface area contributed by atoms with Gasteiger partial charge in [-0.25, -0.2) is 9.78 Å². The third kappa shape index (κ3) is 2.20. The molecule has 1 aliphatic rings. The second-order valence-corrected chi connectivity index (χ2v) is 6.38. The van der Waals surface area contributed by atoms with Crippen molar-refractivity contribution in [3.63, 3.8) is 0 Å². The maximum absolute atomic E-state index is 12.8. The molecule has 122 valence electrons. The summed E-state index contributed by atoms with van der Waals surface area (Å²) in [4.78, 5) is 31.0. The summed E-state index contributed by atoms with van der Waals surface area (Å²) < 4.78 is 1.93. The summed E-state index contributed by atoms with van der Waals surface area (Å²) in [6.07, 6.45) is 0.578. The number of hydrogen-bond donors (Lipinski definition) is 1. The van der Waals surface area contributed by atoms with E-state index in [0.29, 0.717) is 12.2 Å². The molecule has 2 heterocycles. The largest absolute Gasteiger partial charge is 0.330 e. The zero-order valence-electron chi connectivity index (χ0n) is 14.0. The molecule has 1 saturated heterocycles. The molecule has 0 bridgehead atoms. The number of carbonyl (C=O) groups is 2. The predicted octanol–water partition coefficient (Wildman–Crippen LogP) is 2.43. The monoisotopic (exact) mass is 314 g/mol. The number of imide groups is 1. The fourth-order valence-electron chi connectivity index (χ4n) is 3.31. The lowest BCUT2D eigenvalue weighted by Crippen LogP contribution is -2.50. The fourth-order valence-corrected chi connectivity index (χ4v) is 3.31. The van der Waals surface area contributed by atoms with Crippen molar-refractivity contribution in [2.45, 2.75) is 39.3 Å². The van der Waals surface area contributed by atoms with Crippen molar-refractivity contribution in [2.24, 2.45) is 13.0 Å². The summed E-state index contributed by atoms with van der Waals surface area (Å²) >= 11 is 0. The van der Waals surface area contributed by atoms with Crippen LogP contribution in [0.3, 0.4) is 0 Å². The Hall–Kier alpha value is -2.37. The number of rotatable bonds is 4. The van der Waals surface area contributed by atoms with E-state index in [-0.39, 0.29) is 24.4 Å². The number of nitrogens with zero attached hydrogens (tertiary/aromatic N) is 3. The van der Waals surface area contributed by atoms with E-state index in [1.807, 2.05) is 56.7 Å². The molecule has 3 rings (SSSR count). The second-order valence-electron chi connectivity index (χ2n) is 6.38. The number of nitrogens with one attached hydrogen (secondary N) is 1. The van der Waals surface area contributed by atoms with Gasteiger partial charge in [0.25, 0.3) is 5.91 Å². The van der Waals surface area contributed by atoms with E-state index in [4.69, 9.17) is 0 Å². The topological polar surface area (TPSA) is 67.2 Å². The SMILES string of the molecule is CC[C@@]1(C(C)C)NC(=O)N(Cc2nc3ccccc3n2C)C1=O. The van der Waals surface area contributed by atoms with Gasteiger partial charge in [0.1, 0.15) is 11.4 Å². The average Bonchev–Trinajstić information content (AvgIpc) is 2.98. The highest BCUT2D eigenvalue weighted by atomic mass is 16.2. The van der Waals surface area contributed by atoms with Gasteiger partial charge in [-0.1, -0.05) is 32.9 Å². The molecule has 1 aliphatic heterocycles. The van der Waals surface area contributed by atoms with Crippen LogP contribution in [0, 0.1) is 5.92 Å². The van der Waals surface area contributed by atoms with E-state index in [0.717, 1.165) is 11.0 Å². The molecule has 3 amide bonds. The van der Waals surface area contributed by atoms with Crippen molar-refractivity contribution >= 4 is 23.0 Å². The zero-order valence-corrected chi connectivity index (χ0v) is 14.0. The summed E-state index contributed by atoms with van der Waals surface area (Å²) in [5.74, 6) is 0.576. The Balaban J connectivity index is 1.94. The third-order valence-corrected chi connectivity index (χ3v) is 4.92. The average molecular weight is 314 g/mol. The first-order valence-electron chi connectivity index (χ1n) is 7.95. The van der Waals surface area contributed by atoms with Crippen LogP contribution < -0.4 is 5.32 Å². The maximum atomic E-state index is 12.8. The summed E-state index contributed by atoms with van der Waals surface area (Å²) in [6.45, 7) is 6.03. The van der Waals surface area contributed by atoms with Crippen molar-refractivity contribution in [3.05, 3.63) is 30.1 Å². The van der Waals surface area contributed by atoms with Crippen molar-refractivity contribution in [1.29, 1.82) is 0 Å². The van der Waals surface area contributed by atoms with Crippen molar-refractivity contribution in [1.82, 2.24) is 19.8 Å². The van der Waals surface area contributed by atoms with Crippen LogP contribution in [0.4, 0.5) is 4.79 Å². The van der Waals surface area contributed by atoms with Gasteiger partial charge in [-0.2, -0.15) is 0 Å². The highest BCUT2D eigenvalue weighted by Gasteiger charge is 2.52. The molecule has 0 radical (unpaired) electrons. The standard InChI is InChI=1S/C17H22N4O2/c1-5-17(11(2)3)15(22)21(16(23)19-17)10-14-18-12-8-6-7-9-13(12)20(14)4/h6-9,11H,5,10H2,1-4H3,(H,19,23)/t17-/m0/s1. The van der Waals surface area contributed by atoms with Gasteiger partial charge in [0.05, 0.1) is 17.6 Å². The minimum atomic E-state index is -0.804. The lowest BCUT2D eigenvalue weighted by molar-refractivity contribution is -0.133. The number of benzene rings is 1. The van der Waals surface area contributed by atoms with E-state index in [2.05, 4.69) is 10.3 Å². The first-order chi connectivity index (χ1) is 10.9. The molecule has 2 aromatic rings. The van der Waals surface area contributed by atoms with Crippen LogP contribution in [0.5, 0.6) is 0 Å². The Morgan fingerprint density at radius 2 is 1.96 bits per heavy atom. The lowest BCUT2D eigenvalue weighted by atomic mass is 9.84. The van der Waals surface area contributed by atoms with E-state index < -0.39 is 5.54 Å². The number of aromatic nitrogens is 2. The molecule has 1 fully saturated rings. The van der Waals surface area contributed by atoms with Gasteiger partial charge < -0.3 is 9.88 Å². The number of para-hydroxylation sites is 2. The molecule has 1 N–H and O–H groups in total. The number of urea groups is 1. The van der Waals surface area contributed by atoms with Crippen LogP contribution in [0.15, 0.2) is 24.3 Å². The van der Waals surface area contributed by atoms with Gasteiger partial charge in [0.2, 0.25) is 0 Å². The maximum Gasteiger partial charge on any atom is 0.325 e. The Morgan fingerprint density at radius 3 is 2.52 bits per heavy atom. The van der Waals surface area contributed by atoms with Gasteiger partial charge in [-0.15, -0.1) is 0 Å². The molecule has 1 atom stereocenters. The van der Waals surface area contributed by atoms with Crippen LogP contribution in [-0.2, 0) is 18.4 Å². The summed E-state index contributed by atoms with van der Waals surface area (Å²) in [5.41, 5.74) is 1.05. The Labute approximate surface area is 135 Å². The first-order valence-corrected chi connectivity index (χ1v) is 7.95. The summed E-state index contributed by atoms with van der Waals surface area (Å²) in [7, 11) is 1.90. The quantitative estimate of drug-likeness (QED) is 0.881. The first kappa shape index (κ1) is 15.5. The molecule has 0 spiro atoms. The molecule has 0 saturated carbocycles. The minimum absolute atomic E-state index is 0.0365. The number of aryl methyl sites for hydroxylation is 1. The lowest BCUT2D eigenvalue weighted by Gasteiger charge is -2.29. The molecule has 6 heteroatoms. The number of hydrogen-bond acceptors (Lipinski definition) is 3. The number of amides is 3. The Kier molecular flexibility index (Phi) is 3.62. The molecular weight excluding hydrogens is 292 g/mol. The van der Waals surface area contributed by atoms with E-state index in [1.165, 1.54) is 4.90 Å². The van der Waals surface area contributed by atoms with Crippen LogP contribution in [0.1, 0.15) is 33.0 Å². The smallest absolute Gasteiger partial charge is 0.325 e. The molecule has 0 aliphatic carbocycles. The van der Waals surface area contributed by atoms with E-state index in [9.17, 15) is 9.59 Å². The number of carbonyl (C=O) groups excluding carboxylic acids is 2. The second kappa shape index (κ2) is 5.37. The molecular formula is C17H22N4O2. The third-order valence-electron chi connectivity index (χ3n) is 4.92. The Bertz CT molecular complexity index is 780. The minimum Gasteiger partial charge on any atom is -0.330 e. The predicted molar refractivity (Wildman–Crippen MR) is 87.7 cm³/mol. The molecule has 0 unspecified atom stereocenters. The molecule has 1 aromatic carbocycles. The van der Waals surface area contributed by atoms with Gasteiger partial charge in [0, 0.05) is 7.05 Å². The van der Waals surface area contributed by atoms with Crippen LogP contribution in [-0.4, -0.2) is 31.9 Å². The Morgan fingerprint density at radius 1 is 1.26 bits per heavy atom. The highest BCUT2D eigenvalue weighted by Crippen LogP contribution is 2.30.